The van der Waals surface area contributed by atoms with E-state index >= 15 is 0 Å². The summed E-state index contributed by atoms with van der Waals surface area (Å²) in [5, 5.41) is 19.7. The minimum absolute atomic E-state index is 0.0775. The molecule has 1 N–H and O–H groups in total. The summed E-state index contributed by atoms with van der Waals surface area (Å²) >= 11 is 0. The summed E-state index contributed by atoms with van der Waals surface area (Å²) in [5.41, 5.74) is -2.10. The fraction of sp³-hybridized carbons (Fsp3) is 0.800. The smallest absolute Gasteiger partial charge is 0.309 e. The molecule has 0 aromatic carbocycles. The van der Waals surface area contributed by atoms with Gasteiger partial charge in [0.05, 0.1) is 5.41 Å². The normalized spacial score (nSPS) is 16.0. The molecule has 82 valence electrons. The first-order chi connectivity index (χ1) is 6.15. The van der Waals surface area contributed by atoms with E-state index in [0.717, 1.165) is 0 Å². The van der Waals surface area contributed by atoms with Crippen LogP contribution in [0.1, 0.15) is 40.5 Å². The number of carbonyl (C=O) groups excluding carboxylic acids is 1. The minimum atomic E-state index is -1.21. The summed E-state index contributed by atoms with van der Waals surface area (Å²) in [6, 6.07) is 0. The lowest BCUT2D eigenvalue weighted by atomic mass is 9.72. The second-order valence-electron chi connectivity index (χ2n) is 4.57. The van der Waals surface area contributed by atoms with E-state index in [4.69, 9.17) is 5.11 Å². The molecule has 0 bridgehead atoms. The van der Waals surface area contributed by atoms with Gasteiger partial charge in [-0.3, -0.25) is 4.79 Å². The van der Waals surface area contributed by atoms with Crippen LogP contribution in [0.4, 0.5) is 0 Å². The molecule has 1 atom stereocenters. The number of aliphatic carboxylic acids is 2. The van der Waals surface area contributed by atoms with Crippen LogP contribution < -0.4 is 5.11 Å². The molecule has 0 aliphatic rings. The molecule has 0 amide bonds. The van der Waals surface area contributed by atoms with Crippen LogP contribution in [0, 0.1) is 10.8 Å². The highest BCUT2D eigenvalue weighted by Crippen LogP contribution is 2.36. The maximum atomic E-state index is 10.9. The minimum Gasteiger partial charge on any atom is -0.550 e. The fourth-order valence-electron chi connectivity index (χ4n) is 1.40. The van der Waals surface area contributed by atoms with Gasteiger partial charge in [0.1, 0.15) is 0 Å². The van der Waals surface area contributed by atoms with Gasteiger partial charge in [0.2, 0.25) is 0 Å². The molecule has 0 spiro atoms. The zero-order chi connectivity index (χ0) is 11.6. The van der Waals surface area contributed by atoms with Crippen molar-refractivity contribution in [2.75, 3.05) is 0 Å². The fourth-order valence-corrected chi connectivity index (χ4v) is 1.40. The third-order valence-electron chi connectivity index (χ3n) is 2.68. The highest BCUT2D eigenvalue weighted by atomic mass is 16.4. The van der Waals surface area contributed by atoms with Crippen LogP contribution in [0.2, 0.25) is 0 Å². The first kappa shape index (κ1) is 12.9. The Balaban J connectivity index is 4.79. The molecule has 0 fully saturated rings. The first-order valence-electron chi connectivity index (χ1n) is 4.60. The highest BCUT2D eigenvalue weighted by Gasteiger charge is 2.37. The predicted octanol–water partition coefficient (Wildman–Crippen LogP) is 0.653. The summed E-state index contributed by atoms with van der Waals surface area (Å²) < 4.78 is 0. The monoisotopic (exact) mass is 201 g/mol. The molecule has 0 rings (SSSR count). The van der Waals surface area contributed by atoms with Crippen molar-refractivity contribution in [1.29, 1.82) is 0 Å². The summed E-state index contributed by atoms with van der Waals surface area (Å²) in [6.45, 7) is 6.26. The average Bonchev–Trinajstić information content (AvgIpc) is 2.02. The lowest BCUT2D eigenvalue weighted by Gasteiger charge is -2.34. The van der Waals surface area contributed by atoms with E-state index in [9.17, 15) is 14.7 Å². The van der Waals surface area contributed by atoms with Gasteiger partial charge in [0.25, 0.3) is 0 Å². The van der Waals surface area contributed by atoms with Crippen molar-refractivity contribution in [2.45, 2.75) is 40.5 Å². The lowest BCUT2D eigenvalue weighted by molar-refractivity contribution is -0.318. The van der Waals surface area contributed by atoms with Gasteiger partial charge in [0.15, 0.2) is 0 Å². The molecule has 1 unspecified atom stereocenters. The van der Waals surface area contributed by atoms with Crippen molar-refractivity contribution in [2.24, 2.45) is 10.8 Å². The van der Waals surface area contributed by atoms with Gasteiger partial charge in [-0.05, 0) is 19.8 Å². The lowest BCUT2D eigenvalue weighted by Crippen LogP contribution is -2.43. The van der Waals surface area contributed by atoms with Crippen molar-refractivity contribution in [3.05, 3.63) is 0 Å². The van der Waals surface area contributed by atoms with E-state index in [1.807, 2.05) is 0 Å². The van der Waals surface area contributed by atoms with Crippen LogP contribution in [0.3, 0.4) is 0 Å². The van der Waals surface area contributed by atoms with Crippen molar-refractivity contribution in [3.63, 3.8) is 0 Å². The number of rotatable bonds is 5. The van der Waals surface area contributed by atoms with Gasteiger partial charge < -0.3 is 15.0 Å². The van der Waals surface area contributed by atoms with Crippen LogP contribution in [0.25, 0.3) is 0 Å². The second kappa shape index (κ2) is 3.98. The van der Waals surface area contributed by atoms with Gasteiger partial charge in [-0.2, -0.15) is 0 Å². The van der Waals surface area contributed by atoms with E-state index in [1.54, 1.807) is 13.8 Å². The molecule has 4 heteroatoms. The predicted molar refractivity (Wildman–Crippen MR) is 49.4 cm³/mol. The molecule has 14 heavy (non-hydrogen) atoms. The van der Waals surface area contributed by atoms with Crippen molar-refractivity contribution in [3.8, 4) is 0 Å². The highest BCUT2D eigenvalue weighted by molar-refractivity contribution is 5.77. The van der Waals surface area contributed by atoms with Gasteiger partial charge in [-0.25, -0.2) is 0 Å². The topological polar surface area (TPSA) is 77.4 Å². The Morgan fingerprint density at radius 2 is 1.71 bits per heavy atom. The molecule has 0 aromatic rings. The molecule has 0 radical (unpaired) electrons. The summed E-state index contributed by atoms with van der Waals surface area (Å²) in [7, 11) is 0. The molecule has 0 saturated heterocycles. The molecule has 0 heterocycles. The Morgan fingerprint density at radius 3 is 1.93 bits per heavy atom. The van der Waals surface area contributed by atoms with Crippen molar-refractivity contribution in [1.82, 2.24) is 0 Å². The zero-order valence-corrected chi connectivity index (χ0v) is 9.09. The Bertz CT molecular complexity index is 245. The van der Waals surface area contributed by atoms with Crippen LogP contribution in [-0.4, -0.2) is 17.0 Å². The second-order valence-corrected chi connectivity index (χ2v) is 4.57. The third-order valence-corrected chi connectivity index (χ3v) is 2.68. The van der Waals surface area contributed by atoms with Gasteiger partial charge in [0, 0.05) is 11.4 Å². The SMILES string of the molecule is CCC(C)(CC(C)(C)C(=O)[O-])C(=O)O. The Kier molecular flexibility index (Phi) is 3.68. The molecular formula is C10H17O4-. The first-order valence-corrected chi connectivity index (χ1v) is 4.60. The maximum Gasteiger partial charge on any atom is 0.309 e. The van der Waals surface area contributed by atoms with E-state index in [1.165, 1.54) is 13.8 Å². The van der Waals surface area contributed by atoms with Crippen LogP contribution in [0.15, 0.2) is 0 Å². The Hall–Kier alpha value is -1.06. The summed E-state index contributed by atoms with van der Waals surface area (Å²) in [6.07, 6.45) is 0.479. The standard InChI is InChI=1S/C10H18O4/c1-5-10(4,8(13)14)6-9(2,3)7(11)12/h5-6H2,1-4H3,(H,11,12)(H,13,14)/p-1. The summed E-state index contributed by atoms with van der Waals surface area (Å²) in [4.78, 5) is 21.7. The average molecular weight is 201 g/mol. The van der Waals surface area contributed by atoms with E-state index in [0.29, 0.717) is 6.42 Å². The number of hydrogen-bond acceptors (Lipinski definition) is 3. The van der Waals surface area contributed by atoms with Crippen molar-refractivity contribution < 1.29 is 19.8 Å². The van der Waals surface area contributed by atoms with E-state index in [2.05, 4.69) is 0 Å². The quantitative estimate of drug-likeness (QED) is 0.708. The van der Waals surface area contributed by atoms with E-state index in [-0.39, 0.29) is 6.42 Å². The van der Waals surface area contributed by atoms with Crippen LogP contribution in [-0.2, 0) is 9.59 Å². The zero-order valence-electron chi connectivity index (χ0n) is 9.09. The molecule has 0 aliphatic heterocycles. The molecule has 4 nitrogen and oxygen atoms in total. The van der Waals surface area contributed by atoms with E-state index < -0.39 is 22.8 Å². The number of carbonyl (C=O) groups is 2. The molecular weight excluding hydrogens is 184 g/mol. The summed E-state index contributed by atoms with van der Waals surface area (Å²) in [5.74, 6) is -2.17. The Labute approximate surface area is 83.9 Å². The third kappa shape index (κ3) is 2.72. The van der Waals surface area contributed by atoms with Gasteiger partial charge in [-0.1, -0.05) is 20.8 Å². The number of carboxylic acid groups (broad SMARTS) is 2. The molecule has 0 aliphatic carbocycles. The number of hydrogen-bond donors (Lipinski definition) is 1. The van der Waals surface area contributed by atoms with Crippen LogP contribution in [0.5, 0.6) is 0 Å². The van der Waals surface area contributed by atoms with Crippen molar-refractivity contribution >= 4 is 11.9 Å². The molecule has 0 saturated carbocycles. The van der Waals surface area contributed by atoms with Gasteiger partial charge in [-0.15, -0.1) is 0 Å². The maximum absolute atomic E-state index is 10.9. The van der Waals surface area contributed by atoms with Gasteiger partial charge >= 0.3 is 5.97 Å². The number of carboxylic acids is 2. The molecule has 0 aromatic heterocycles. The Morgan fingerprint density at radius 1 is 1.29 bits per heavy atom. The van der Waals surface area contributed by atoms with Crippen LogP contribution >= 0.6 is 0 Å². The largest absolute Gasteiger partial charge is 0.550 e.